The Hall–Kier alpha value is -0.940. The van der Waals surface area contributed by atoms with Crippen molar-refractivity contribution in [3.8, 4) is 0 Å². The minimum absolute atomic E-state index is 0.176. The smallest absolute Gasteiger partial charge is 0.232 e. The third kappa shape index (κ3) is 4.59. The largest absolute Gasteiger partial charge is 0.353 e. The zero-order chi connectivity index (χ0) is 9.52. The Kier molecular flexibility index (Phi) is 4.42. The Bertz CT molecular complexity index is 187. The van der Waals surface area contributed by atoms with Gasteiger partial charge in [-0.1, -0.05) is 0 Å². The lowest BCUT2D eigenvalue weighted by molar-refractivity contribution is -0.402. The van der Waals surface area contributed by atoms with Crippen molar-refractivity contribution in [1.29, 1.82) is 0 Å². The summed E-state index contributed by atoms with van der Waals surface area (Å²) < 4.78 is 10.5. The van der Waals surface area contributed by atoms with Gasteiger partial charge in [-0.05, 0) is 19.3 Å². The monoisotopic (exact) mass is 187 g/mol. The number of nitrogens with zero attached hydrogens (tertiary/aromatic N) is 1. The van der Waals surface area contributed by atoms with Gasteiger partial charge in [0, 0.05) is 12.7 Å². The van der Waals surface area contributed by atoms with Crippen LogP contribution in [0.3, 0.4) is 0 Å². The van der Waals surface area contributed by atoms with Gasteiger partial charge in [-0.15, -0.1) is 0 Å². The summed E-state index contributed by atoms with van der Waals surface area (Å²) in [4.78, 5) is 9.37. The van der Waals surface area contributed by atoms with Crippen LogP contribution in [0.4, 0.5) is 0 Å². The van der Waals surface area contributed by atoms with E-state index in [4.69, 9.17) is 9.47 Å². The molecule has 13 heavy (non-hydrogen) atoms. The van der Waals surface area contributed by atoms with Crippen molar-refractivity contribution in [2.75, 3.05) is 13.2 Å². The standard InChI is InChI=1S/C8H13NO4/c10-9(11)5-3-7-13-8-4-1-2-6-12-8/h3,5,8H,1-2,4,6-7H2/b5-3+/t8-/m1/s1. The quantitative estimate of drug-likeness (QED) is 0.492. The van der Waals surface area contributed by atoms with E-state index in [1.54, 1.807) is 0 Å². The Morgan fingerprint density at radius 2 is 2.46 bits per heavy atom. The second-order valence-corrected chi connectivity index (χ2v) is 2.80. The van der Waals surface area contributed by atoms with Gasteiger partial charge in [0.1, 0.15) is 0 Å². The molecule has 0 amide bonds. The zero-order valence-corrected chi connectivity index (χ0v) is 7.35. The first-order chi connectivity index (χ1) is 6.29. The average molecular weight is 187 g/mol. The average Bonchev–Trinajstić information content (AvgIpc) is 2.14. The van der Waals surface area contributed by atoms with Crippen molar-refractivity contribution >= 4 is 0 Å². The summed E-state index contributed by atoms with van der Waals surface area (Å²) in [5.41, 5.74) is 0. The molecule has 1 fully saturated rings. The second kappa shape index (κ2) is 5.66. The van der Waals surface area contributed by atoms with Crippen LogP contribution in [-0.4, -0.2) is 24.4 Å². The van der Waals surface area contributed by atoms with Crippen molar-refractivity contribution in [2.24, 2.45) is 0 Å². The highest BCUT2D eigenvalue weighted by Crippen LogP contribution is 2.13. The van der Waals surface area contributed by atoms with E-state index in [0.717, 1.165) is 32.1 Å². The molecule has 1 aliphatic heterocycles. The van der Waals surface area contributed by atoms with Crippen LogP contribution < -0.4 is 0 Å². The molecule has 0 unspecified atom stereocenters. The molecule has 0 aromatic carbocycles. The van der Waals surface area contributed by atoms with Crippen molar-refractivity contribution in [2.45, 2.75) is 25.6 Å². The fourth-order valence-corrected chi connectivity index (χ4v) is 1.13. The van der Waals surface area contributed by atoms with E-state index >= 15 is 0 Å². The van der Waals surface area contributed by atoms with Crippen LogP contribution in [0.25, 0.3) is 0 Å². The molecule has 0 radical (unpaired) electrons. The molecule has 1 atom stereocenters. The third-order valence-electron chi connectivity index (χ3n) is 1.74. The van der Waals surface area contributed by atoms with Crippen molar-refractivity contribution in [1.82, 2.24) is 0 Å². The van der Waals surface area contributed by atoms with Gasteiger partial charge in [-0.3, -0.25) is 10.1 Å². The molecular formula is C8H13NO4. The molecule has 5 heteroatoms. The maximum absolute atomic E-state index is 9.88. The van der Waals surface area contributed by atoms with Crippen molar-refractivity contribution < 1.29 is 14.4 Å². The predicted octanol–water partition coefficient (Wildman–Crippen LogP) is 1.32. The minimum Gasteiger partial charge on any atom is -0.353 e. The highest BCUT2D eigenvalue weighted by atomic mass is 16.7. The number of hydrogen-bond acceptors (Lipinski definition) is 4. The summed E-state index contributed by atoms with van der Waals surface area (Å²) in [5.74, 6) is 0. The van der Waals surface area contributed by atoms with Gasteiger partial charge in [0.2, 0.25) is 6.20 Å². The lowest BCUT2D eigenvalue weighted by Crippen LogP contribution is -2.22. The predicted molar refractivity (Wildman–Crippen MR) is 45.7 cm³/mol. The van der Waals surface area contributed by atoms with E-state index in [-0.39, 0.29) is 12.9 Å². The molecule has 0 aromatic rings. The maximum Gasteiger partial charge on any atom is 0.232 e. The van der Waals surface area contributed by atoms with Gasteiger partial charge in [-0.2, -0.15) is 0 Å². The molecule has 0 N–H and O–H groups in total. The number of nitro groups is 1. The first-order valence-corrected chi connectivity index (χ1v) is 4.32. The highest BCUT2D eigenvalue weighted by molar-refractivity contribution is 4.71. The van der Waals surface area contributed by atoms with Gasteiger partial charge < -0.3 is 9.47 Å². The van der Waals surface area contributed by atoms with E-state index in [9.17, 15) is 10.1 Å². The van der Waals surface area contributed by atoms with Crippen molar-refractivity contribution in [3.63, 3.8) is 0 Å². The molecular weight excluding hydrogens is 174 g/mol. The van der Waals surface area contributed by atoms with E-state index < -0.39 is 4.92 Å². The first kappa shape index (κ1) is 10.1. The van der Waals surface area contributed by atoms with Gasteiger partial charge >= 0.3 is 0 Å². The Morgan fingerprint density at radius 1 is 1.62 bits per heavy atom. The number of rotatable bonds is 4. The van der Waals surface area contributed by atoms with Crippen LogP contribution >= 0.6 is 0 Å². The normalized spacial score (nSPS) is 23.5. The molecule has 0 saturated carbocycles. The third-order valence-corrected chi connectivity index (χ3v) is 1.74. The van der Waals surface area contributed by atoms with Crippen LogP contribution in [-0.2, 0) is 9.47 Å². The van der Waals surface area contributed by atoms with Crippen LogP contribution in [0.15, 0.2) is 12.3 Å². The van der Waals surface area contributed by atoms with E-state index in [0.29, 0.717) is 0 Å². The summed E-state index contributed by atoms with van der Waals surface area (Å²) in [6.07, 6.45) is 5.13. The molecule has 1 heterocycles. The summed E-state index contributed by atoms with van der Waals surface area (Å²) in [6.45, 7) is 0.968. The molecule has 0 aliphatic carbocycles. The Labute approximate surface area is 76.5 Å². The van der Waals surface area contributed by atoms with Crippen LogP contribution in [0.1, 0.15) is 19.3 Å². The van der Waals surface area contributed by atoms with E-state index in [1.165, 1.54) is 6.08 Å². The van der Waals surface area contributed by atoms with Crippen LogP contribution in [0.5, 0.6) is 0 Å². The van der Waals surface area contributed by atoms with Crippen LogP contribution in [0.2, 0.25) is 0 Å². The minimum atomic E-state index is -0.509. The van der Waals surface area contributed by atoms with E-state index in [2.05, 4.69) is 0 Å². The molecule has 1 rings (SSSR count). The topological polar surface area (TPSA) is 61.6 Å². The molecule has 0 spiro atoms. The molecule has 5 nitrogen and oxygen atoms in total. The molecule has 0 bridgehead atoms. The lowest BCUT2D eigenvalue weighted by atomic mass is 10.2. The first-order valence-electron chi connectivity index (χ1n) is 4.32. The Morgan fingerprint density at radius 3 is 3.08 bits per heavy atom. The SMILES string of the molecule is O=[N+]([O-])/C=C/CO[C@@H]1CCCCO1. The van der Waals surface area contributed by atoms with Crippen molar-refractivity contribution in [3.05, 3.63) is 22.4 Å². The van der Waals surface area contributed by atoms with Gasteiger partial charge in [0.25, 0.3) is 0 Å². The number of hydrogen-bond donors (Lipinski definition) is 0. The summed E-state index contributed by atoms with van der Waals surface area (Å²) in [6, 6.07) is 0. The molecule has 0 aromatic heterocycles. The Balaban J connectivity index is 2.07. The summed E-state index contributed by atoms with van der Waals surface area (Å²) in [7, 11) is 0. The second-order valence-electron chi connectivity index (χ2n) is 2.80. The molecule has 1 aliphatic rings. The molecule has 74 valence electrons. The lowest BCUT2D eigenvalue weighted by Gasteiger charge is -2.21. The van der Waals surface area contributed by atoms with Gasteiger partial charge in [0.15, 0.2) is 6.29 Å². The fourth-order valence-electron chi connectivity index (χ4n) is 1.13. The summed E-state index contributed by atoms with van der Waals surface area (Å²) >= 11 is 0. The summed E-state index contributed by atoms with van der Waals surface area (Å²) in [5, 5.41) is 9.88. The highest BCUT2D eigenvalue weighted by Gasteiger charge is 2.12. The molecule has 1 saturated heterocycles. The van der Waals surface area contributed by atoms with E-state index in [1.807, 2.05) is 0 Å². The zero-order valence-electron chi connectivity index (χ0n) is 7.35. The van der Waals surface area contributed by atoms with Gasteiger partial charge in [0.05, 0.1) is 11.5 Å². The number of ether oxygens (including phenoxy) is 2. The fraction of sp³-hybridized carbons (Fsp3) is 0.750. The van der Waals surface area contributed by atoms with Crippen LogP contribution in [0, 0.1) is 10.1 Å². The maximum atomic E-state index is 9.88. The van der Waals surface area contributed by atoms with Gasteiger partial charge in [-0.25, -0.2) is 0 Å².